The van der Waals surface area contributed by atoms with Crippen LogP contribution in [0, 0.1) is 0 Å². The Labute approximate surface area is 349 Å². The van der Waals surface area contributed by atoms with Crippen molar-refractivity contribution < 1.29 is 27.9 Å². The number of aromatic nitrogens is 4. The summed E-state index contributed by atoms with van der Waals surface area (Å²) in [4.78, 5) is 53.3. The van der Waals surface area contributed by atoms with E-state index in [0.29, 0.717) is 73.8 Å². The Kier molecular flexibility index (Phi) is 9.53. The lowest BCUT2D eigenvalue weighted by Gasteiger charge is -2.34. The van der Waals surface area contributed by atoms with Crippen LogP contribution in [0.15, 0.2) is 53.6 Å². The normalized spacial score (nSPS) is 25.4. The monoisotopic (exact) mass is 836 g/mol. The first-order valence-electron chi connectivity index (χ1n) is 21.4. The topological polar surface area (TPSA) is 186 Å². The summed E-state index contributed by atoms with van der Waals surface area (Å²) in [6.07, 6.45) is 8.91. The van der Waals surface area contributed by atoms with Crippen molar-refractivity contribution in [2.45, 2.75) is 112 Å². The Morgan fingerprint density at radius 2 is 1.72 bits per heavy atom. The number of benzene rings is 2. The van der Waals surface area contributed by atoms with Gasteiger partial charge in [-0.25, -0.2) is 18.2 Å². The molecule has 0 bridgehead atoms. The number of aryl methyl sites for hydroxylation is 1. The van der Waals surface area contributed by atoms with E-state index in [1.54, 1.807) is 26.2 Å². The number of likely N-dealkylation sites (tertiary alicyclic amines) is 1. The number of sulfonamides is 1. The molecule has 2 atom stereocenters. The van der Waals surface area contributed by atoms with Crippen LogP contribution in [0.25, 0.3) is 10.9 Å². The molecule has 16 nitrogen and oxygen atoms in total. The molecule has 2 saturated carbocycles. The number of piperidine rings is 2. The summed E-state index contributed by atoms with van der Waals surface area (Å²) in [5.41, 5.74) is 2.47. The highest BCUT2D eigenvalue weighted by Crippen LogP contribution is 2.58. The lowest BCUT2D eigenvalue weighted by molar-refractivity contribution is -0.122. The van der Waals surface area contributed by atoms with Gasteiger partial charge in [-0.1, -0.05) is 18.2 Å². The molecule has 17 heteroatoms. The molecule has 0 radical (unpaired) electrons. The van der Waals surface area contributed by atoms with Crippen LogP contribution in [0.3, 0.4) is 0 Å². The fourth-order valence-electron chi connectivity index (χ4n) is 10.4. The molecule has 2 aliphatic carbocycles. The molecule has 316 valence electrons. The lowest BCUT2D eigenvalue weighted by Crippen LogP contribution is -2.50. The Hall–Kier alpha value is -4.97. The van der Waals surface area contributed by atoms with E-state index in [0.717, 1.165) is 73.6 Å². The highest BCUT2D eigenvalue weighted by molar-refractivity contribution is 7.89. The van der Waals surface area contributed by atoms with Gasteiger partial charge in [0.1, 0.15) is 5.82 Å². The first kappa shape index (κ1) is 39.2. The Morgan fingerprint density at radius 1 is 0.933 bits per heavy atom. The lowest BCUT2D eigenvalue weighted by atomic mass is 9.89. The minimum Gasteiger partial charge on any atom is -0.388 e. The summed E-state index contributed by atoms with van der Waals surface area (Å²) in [5, 5.41) is 22.4. The number of nitrogens with one attached hydrogen (secondary N) is 2. The van der Waals surface area contributed by atoms with Gasteiger partial charge >= 0.3 is 6.03 Å². The maximum atomic E-state index is 13.9. The van der Waals surface area contributed by atoms with Crippen molar-refractivity contribution in [3.63, 3.8) is 0 Å². The summed E-state index contributed by atoms with van der Waals surface area (Å²) >= 11 is 0. The van der Waals surface area contributed by atoms with Crippen molar-refractivity contribution >= 4 is 56.4 Å². The van der Waals surface area contributed by atoms with Crippen LogP contribution in [0.1, 0.15) is 93.7 Å². The number of hydrogen-bond acceptors (Lipinski definition) is 11. The van der Waals surface area contributed by atoms with Gasteiger partial charge in [0, 0.05) is 62.8 Å². The second-order valence-electron chi connectivity index (χ2n) is 18.0. The Balaban J connectivity index is 0.745. The van der Waals surface area contributed by atoms with Crippen LogP contribution in [-0.2, 0) is 38.6 Å². The van der Waals surface area contributed by atoms with Gasteiger partial charge < -0.3 is 10.4 Å². The van der Waals surface area contributed by atoms with Gasteiger partial charge in [0.15, 0.2) is 5.82 Å². The fraction of sp³-hybridized carbons (Fsp3) is 0.535. The van der Waals surface area contributed by atoms with E-state index in [9.17, 15) is 27.9 Å². The summed E-state index contributed by atoms with van der Waals surface area (Å²) in [7, 11) is -1.84. The molecule has 6 heterocycles. The minimum atomic E-state index is -3.71. The van der Waals surface area contributed by atoms with Gasteiger partial charge in [-0.2, -0.15) is 14.4 Å². The number of hydrogen-bond donors (Lipinski definition) is 3. The average Bonchev–Trinajstić information content (AvgIpc) is 3.81. The van der Waals surface area contributed by atoms with Crippen LogP contribution >= 0.6 is 0 Å². The number of rotatable bonds is 9. The zero-order valence-electron chi connectivity index (χ0n) is 34.1. The number of fused-ring (bicyclic) bond motifs is 3. The summed E-state index contributed by atoms with van der Waals surface area (Å²) < 4.78 is 31.2. The summed E-state index contributed by atoms with van der Waals surface area (Å²) in [6.45, 7) is 5.26. The molecule has 2 aromatic heterocycles. The SMILES string of the molecule is Cn1nc(N2CCC(=O)NC2=O)c2ccc(C3CCN(Cc4cccc(S(=O)(=O)N5CCC(Nc6ncc7c(n6)N([C@H]6CCC[C@]6(C)O)C(=O)C76CC6)CC5)c4)CC3)cc21. The molecule has 3 saturated heterocycles. The predicted molar refractivity (Wildman–Crippen MR) is 224 cm³/mol. The Morgan fingerprint density at radius 3 is 2.43 bits per heavy atom. The first-order chi connectivity index (χ1) is 28.8. The third-order valence-electron chi connectivity index (χ3n) is 14.0. The molecule has 4 amide bonds. The van der Waals surface area contributed by atoms with Crippen molar-refractivity contribution in [3.8, 4) is 0 Å². The number of imide groups is 1. The Bertz CT molecular complexity index is 2500. The molecule has 1 spiro atoms. The number of nitrogens with zero attached hydrogens (tertiary/aromatic N) is 8. The largest absolute Gasteiger partial charge is 0.388 e. The van der Waals surface area contributed by atoms with Crippen molar-refractivity contribution in [1.29, 1.82) is 0 Å². The molecule has 3 N–H and O–H groups in total. The van der Waals surface area contributed by atoms with Crippen molar-refractivity contribution in [2.24, 2.45) is 7.05 Å². The zero-order valence-corrected chi connectivity index (χ0v) is 35.0. The summed E-state index contributed by atoms with van der Waals surface area (Å²) in [5.74, 6) is 1.71. The van der Waals surface area contributed by atoms with Crippen LogP contribution in [-0.4, -0.2) is 111 Å². The molecular formula is C43H52N10O6S. The van der Waals surface area contributed by atoms with E-state index in [1.807, 2.05) is 38.2 Å². The number of urea groups is 1. The number of carbonyl (C=O) groups excluding carboxylic acids is 3. The predicted octanol–water partition coefficient (Wildman–Crippen LogP) is 4.14. The van der Waals surface area contributed by atoms with Crippen LogP contribution in [0.5, 0.6) is 0 Å². The fourth-order valence-corrected chi connectivity index (χ4v) is 11.9. The number of aliphatic hydroxyl groups is 1. The number of amides is 4. The second kappa shape index (κ2) is 14.6. The maximum Gasteiger partial charge on any atom is 0.329 e. The number of carbonyl (C=O) groups is 3. The molecule has 4 aliphatic heterocycles. The highest BCUT2D eigenvalue weighted by atomic mass is 32.2. The highest BCUT2D eigenvalue weighted by Gasteiger charge is 2.63. The van der Waals surface area contributed by atoms with Crippen LogP contribution in [0.2, 0.25) is 0 Å². The molecule has 2 aromatic carbocycles. The van der Waals surface area contributed by atoms with Gasteiger partial charge in [0.2, 0.25) is 27.8 Å². The molecule has 60 heavy (non-hydrogen) atoms. The standard InChI is InChI=1S/C43H52N10O6S/c1-42(57)15-4-7-35(42)53-38-33(43(16-17-43)39(53)55)25-44-40(47-38)45-30-12-20-51(21-13-30)60(58,59)31-6-3-5-27(23-31)26-50-18-10-28(11-19-50)29-8-9-32-34(24-29)49(2)48-37(32)52-22-14-36(54)46-41(52)56/h3,5-6,8-9,23-25,28,30,35,57H,4,7,10-22,26H2,1-2H3,(H,44,45,47)(H,46,54,56)/t35-,42-/m0/s1. The third-order valence-corrected chi connectivity index (χ3v) is 15.9. The van der Waals surface area contributed by atoms with Crippen molar-refractivity contribution in [2.75, 3.05) is 47.8 Å². The number of anilines is 3. The van der Waals surface area contributed by atoms with Crippen molar-refractivity contribution in [3.05, 3.63) is 65.4 Å². The van der Waals surface area contributed by atoms with Gasteiger partial charge in [0.05, 0.1) is 27.5 Å². The van der Waals surface area contributed by atoms with Crippen molar-refractivity contribution in [1.82, 2.24) is 34.3 Å². The molecular weight excluding hydrogens is 785 g/mol. The summed E-state index contributed by atoms with van der Waals surface area (Å²) in [6, 6.07) is 12.9. The smallest absolute Gasteiger partial charge is 0.329 e. The second-order valence-corrected chi connectivity index (χ2v) is 19.9. The van der Waals surface area contributed by atoms with E-state index in [-0.39, 0.29) is 30.3 Å². The quantitative estimate of drug-likeness (QED) is 0.220. The van der Waals surface area contributed by atoms with E-state index in [4.69, 9.17) is 4.98 Å². The molecule has 10 rings (SSSR count). The van der Waals surface area contributed by atoms with Gasteiger partial charge in [-0.05, 0) is 119 Å². The molecule has 4 aromatic rings. The van der Waals surface area contributed by atoms with E-state index in [1.165, 1.54) is 10.5 Å². The van der Waals surface area contributed by atoms with Gasteiger partial charge in [0.25, 0.3) is 0 Å². The van der Waals surface area contributed by atoms with E-state index < -0.39 is 27.1 Å². The van der Waals surface area contributed by atoms with Crippen LogP contribution in [0.4, 0.5) is 22.4 Å². The van der Waals surface area contributed by atoms with Gasteiger partial charge in [-0.3, -0.25) is 34.3 Å². The molecule has 5 fully saturated rings. The van der Waals surface area contributed by atoms with E-state index >= 15 is 0 Å². The minimum absolute atomic E-state index is 0.0295. The average molecular weight is 837 g/mol. The molecule has 0 unspecified atom stereocenters. The maximum absolute atomic E-state index is 13.9. The van der Waals surface area contributed by atoms with Gasteiger partial charge in [-0.15, -0.1) is 0 Å². The zero-order chi connectivity index (χ0) is 41.6. The van der Waals surface area contributed by atoms with E-state index in [2.05, 4.69) is 37.7 Å². The molecule has 6 aliphatic rings. The first-order valence-corrected chi connectivity index (χ1v) is 22.8. The van der Waals surface area contributed by atoms with Crippen LogP contribution < -0.4 is 20.4 Å². The third kappa shape index (κ3) is 6.73.